The number of carbonyl (C=O) groups excluding carboxylic acids is 1. The Morgan fingerprint density at radius 3 is 3.00 bits per heavy atom. The van der Waals surface area contributed by atoms with Gasteiger partial charge in [-0.05, 0) is 35.1 Å². The van der Waals surface area contributed by atoms with Gasteiger partial charge in [0, 0.05) is 16.3 Å². The van der Waals surface area contributed by atoms with Crippen LogP contribution in [0.25, 0.3) is 0 Å². The Hall–Kier alpha value is -0.850. The van der Waals surface area contributed by atoms with Crippen LogP contribution in [-0.4, -0.2) is 24.5 Å². The average Bonchev–Trinajstić information content (AvgIpc) is 2.25. The van der Waals surface area contributed by atoms with Gasteiger partial charge in [-0.2, -0.15) is 0 Å². The molecule has 0 aliphatic heterocycles. The van der Waals surface area contributed by atoms with E-state index in [0.29, 0.717) is 18.0 Å². The van der Waals surface area contributed by atoms with Crippen molar-refractivity contribution in [3.63, 3.8) is 0 Å². The Kier molecular flexibility index (Phi) is 4.80. The summed E-state index contributed by atoms with van der Waals surface area (Å²) in [5.74, 6) is 0.238. The molecule has 0 saturated heterocycles. The number of halogens is 1. The van der Waals surface area contributed by atoms with E-state index in [1.165, 1.54) is 7.11 Å². The molecule has 0 saturated carbocycles. The highest BCUT2D eigenvalue weighted by Gasteiger charge is 2.16. The highest BCUT2D eigenvalue weighted by molar-refractivity contribution is 14.1. The van der Waals surface area contributed by atoms with Gasteiger partial charge in [0.05, 0.1) is 7.11 Å². The fraction of sp³-hybridized carbons (Fsp3) is 0.400. The zero-order valence-corrected chi connectivity index (χ0v) is 10.9. The molecule has 0 unspecified atom stereocenters. The zero-order chi connectivity index (χ0) is 11.3. The van der Waals surface area contributed by atoms with Crippen LogP contribution in [0, 0.1) is 3.57 Å². The number of aromatic nitrogens is 1. The molecular weight excluding hydrogens is 307 g/mol. The maximum absolute atomic E-state index is 11.8. The quantitative estimate of drug-likeness (QED) is 0.861. The van der Waals surface area contributed by atoms with Crippen molar-refractivity contribution in [3.05, 3.63) is 21.4 Å². The van der Waals surface area contributed by atoms with Crippen LogP contribution in [-0.2, 0) is 0 Å². The molecule has 1 aromatic rings. The first-order valence-corrected chi connectivity index (χ1v) is 5.75. The number of ether oxygens (including phenoxy) is 1. The Labute approximate surface area is 103 Å². The molecule has 1 aromatic heterocycles. The standard InChI is InChI=1S/C10H13IN2O2/c1-3-5-12-9(14)8-7(11)4-6-13-10(8)15-2/h4,6H,3,5H2,1-2H3,(H,12,14). The molecule has 0 bridgehead atoms. The molecule has 0 radical (unpaired) electrons. The lowest BCUT2D eigenvalue weighted by Crippen LogP contribution is -2.25. The lowest BCUT2D eigenvalue weighted by atomic mass is 10.2. The highest BCUT2D eigenvalue weighted by atomic mass is 127. The summed E-state index contributed by atoms with van der Waals surface area (Å²) in [5.41, 5.74) is 0.508. The summed E-state index contributed by atoms with van der Waals surface area (Å²) in [7, 11) is 1.51. The molecule has 1 heterocycles. The minimum absolute atomic E-state index is 0.133. The number of nitrogens with one attached hydrogen (secondary N) is 1. The molecule has 0 fully saturated rings. The van der Waals surface area contributed by atoms with Crippen molar-refractivity contribution in [1.29, 1.82) is 0 Å². The Morgan fingerprint density at radius 2 is 2.40 bits per heavy atom. The van der Waals surface area contributed by atoms with Gasteiger partial charge in [0.1, 0.15) is 5.56 Å². The molecule has 5 heteroatoms. The molecule has 1 rings (SSSR count). The number of pyridine rings is 1. The second kappa shape index (κ2) is 5.89. The molecular formula is C10H13IN2O2. The largest absolute Gasteiger partial charge is 0.480 e. The number of rotatable bonds is 4. The predicted molar refractivity (Wildman–Crippen MR) is 66.1 cm³/mol. The maximum Gasteiger partial charge on any atom is 0.257 e. The van der Waals surface area contributed by atoms with E-state index in [0.717, 1.165) is 9.99 Å². The number of hydrogen-bond donors (Lipinski definition) is 1. The zero-order valence-electron chi connectivity index (χ0n) is 8.71. The number of carbonyl (C=O) groups is 1. The molecule has 15 heavy (non-hydrogen) atoms. The van der Waals surface area contributed by atoms with E-state index in [9.17, 15) is 4.79 Å². The maximum atomic E-state index is 11.8. The van der Waals surface area contributed by atoms with Gasteiger partial charge in [-0.3, -0.25) is 4.79 Å². The lowest BCUT2D eigenvalue weighted by Gasteiger charge is -2.09. The van der Waals surface area contributed by atoms with Crippen molar-refractivity contribution in [2.24, 2.45) is 0 Å². The normalized spacial score (nSPS) is 9.80. The van der Waals surface area contributed by atoms with Crippen molar-refractivity contribution in [2.75, 3.05) is 13.7 Å². The second-order valence-corrected chi connectivity index (χ2v) is 4.10. The summed E-state index contributed by atoms with van der Waals surface area (Å²) in [6.45, 7) is 2.67. The second-order valence-electron chi connectivity index (χ2n) is 2.93. The van der Waals surface area contributed by atoms with Crippen LogP contribution in [0.15, 0.2) is 12.3 Å². The molecule has 0 aliphatic carbocycles. The summed E-state index contributed by atoms with van der Waals surface area (Å²) in [4.78, 5) is 15.8. The van der Waals surface area contributed by atoms with Crippen LogP contribution in [0.3, 0.4) is 0 Å². The van der Waals surface area contributed by atoms with E-state index in [-0.39, 0.29) is 5.91 Å². The third-order valence-corrected chi connectivity index (χ3v) is 2.72. The molecule has 1 N–H and O–H groups in total. The van der Waals surface area contributed by atoms with Gasteiger partial charge in [-0.1, -0.05) is 6.92 Å². The third-order valence-electron chi connectivity index (χ3n) is 1.82. The van der Waals surface area contributed by atoms with Crippen LogP contribution >= 0.6 is 22.6 Å². The van der Waals surface area contributed by atoms with Gasteiger partial charge in [-0.25, -0.2) is 4.98 Å². The van der Waals surface area contributed by atoms with Gasteiger partial charge >= 0.3 is 0 Å². The first kappa shape index (κ1) is 12.2. The summed E-state index contributed by atoms with van der Waals surface area (Å²) in [6, 6.07) is 1.78. The first-order chi connectivity index (χ1) is 7.20. The van der Waals surface area contributed by atoms with Crippen LogP contribution < -0.4 is 10.1 Å². The number of methoxy groups -OCH3 is 1. The van der Waals surface area contributed by atoms with Gasteiger partial charge in [-0.15, -0.1) is 0 Å². The molecule has 82 valence electrons. The fourth-order valence-electron chi connectivity index (χ4n) is 1.11. The molecule has 0 aromatic carbocycles. The molecule has 0 spiro atoms. The monoisotopic (exact) mass is 320 g/mol. The number of hydrogen-bond acceptors (Lipinski definition) is 3. The summed E-state index contributed by atoms with van der Waals surface area (Å²) >= 11 is 2.10. The van der Waals surface area contributed by atoms with Crippen molar-refractivity contribution in [3.8, 4) is 5.88 Å². The van der Waals surface area contributed by atoms with Gasteiger partial charge in [0.2, 0.25) is 5.88 Å². The predicted octanol–water partition coefficient (Wildman–Crippen LogP) is 1.83. The third kappa shape index (κ3) is 3.05. The van der Waals surface area contributed by atoms with E-state index in [2.05, 4.69) is 32.9 Å². The molecule has 1 amide bonds. The van der Waals surface area contributed by atoms with Gasteiger partial charge < -0.3 is 10.1 Å². The topological polar surface area (TPSA) is 51.2 Å². The lowest BCUT2D eigenvalue weighted by molar-refractivity contribution is 0.0949. The van der Waals surface area contributed by atoms with Crippen molar-refractivity contribution in [1.82, 2.24) is 10.3 Å². The van der Waals surface area contributed by atoms with Gasteiger partial charge in [0.15, 0.2) is 0 Å². The smallest absolute Gasteiger partial charge is 0.257 e. The fourth-order valence-corrected chi connectivity index (χ4v) is 1.74. The van der Waals surface area contributed by atoms with E-state index in [1.54, 1.807) is 12.3 Å². The molecule has 0 atom stereocenters. The Bertz CT molecular complexity index is 355. The van der Waals surface area contributed by atoms with E-state index in [4.69, 9.17) is 4.74 Å². The van der Waals surface area contributed by atoms with Crippen molar-refractivity contribution < 1.29 is 9.53 Å². The van der Waals surface area contributed by atoms with Crippen molar-refractivity contribution in [2.45, 2.75) is 13.3 Å². The van der Waals surface area contributed by atoms with E-state index >= 15 is 0 Å². The average molecular weight is 320 g/mol. The van der Waals surface area contributed by atoms with E-state index < -0.39 is 0 Å². The minimum Gasteiger partial charge on any atom is -0.480 e. The number of amides is 1. The van der Waals surface area contributed by atoms with E-state index in [1.807, 2.05) is 6.92 Å². The Balaban J connectivity index is 2.95. The summed E-state index contributed by atoms with van der Waals surface area (Å²) in [6.07, 6.45) is 2.53. The molecule has 4 nitrogen and oxygen atoms in total. The van der Waals surface area contributed by atoms with Crippen molar-refractivity contribution >= 4 is 28.5 Å². The Morgan fingerprint density at radius 1 is 1.67 bits per heavy atom. The summed E-state index contributed by atoms with van der Waals surface area (Å²) in [5, 5.41) is 2.80. The highest BCUT2D eigenvalue weighted by Crippen LogP contribution is 2.20. The SMILES string of the molecule is CCCNC(=O)c1c(I)ccnc1OC. The van der Waals surface area contributed by atoms with Gasteiger partial charge in [0.25, 0.3) is 5.91 Å². The molecule has 0 aliphatic rings. The summed E-state index contributed by atoms with van der Waals surface area (Å²) < 4.78 is 5.89. The van der Waals surface area contributed by atoms with Crippen LogP contribution in [0.4, 0.5) is 0 Å². The van der Waals surface area contributed by atoms with Crippen LogP contribution in [0.2, 0.25) is 0 Å². The first-order valence-electron chi connectivity index (χ1n) is 4.67. The number of nitrogens with zero attached hydrogens (tertiary/aromatic N) is 1. The van der Waals surface area contributed by atoms with Crippen LogP contribution in [0.1, 0.15) is 23.7 Å². The minimum atomic E-state index is -0.133. The van der Waals surface area contributed by atoms with Crippen LogP contribution in [0.5, 0.6) is 5.88 Å².